The molecule has 1 atom stereocenters. The van der Waals surface area contributed by atoms with E-state index in [2.05, 4.69) is 24.2 Å². The molecule has 0 saturated heterocycles. The number of aliphatic imine (C=N–C) groups is 1. The lowest BCUT2D eigenvalue weighted by Gasteiger charge is -2.01. The Balaban J connectivity index is 2.49. The van der Waals surface area contributed by atoms with E-state index < -0.39 is 0 Å². The highest BCUT2D eigenvalue weighted by atomic mass is 14.9. The van der Waals surface area contributed by atoms with Crippen LogP contribution < -0.4 is 5.32 Å². The molecule has 0 aromatic heterocycles. The van der Waals surface area contributed by atoms with Crippen molar-refractivity contribution >= 4 is 5.71 Å². The molecule has 1 unspecified atom stereocenters. The molecule has 0 bridgehead atoms. The number of rotatable bonds is 0. The summed E-state index contributed by atoms with van der Waals surface area (Å²) in [7, 11) is 0. The van der Waals surface area contributed by atoms with E-state index in [4.69, 9.17) is 0 Å². The van der Waals surface area contributed by atoms with Crippen molar-refractivity contribution < 1.29 is 0 Å². The minimum absolute atomic E-state index is 0.479. The SMILES string of the molecule is CC1=NC(C)CNCC1. The van der Waals surface area contributed by atoms with Gasteiger partial charge in [-0.05, 0) is 20.3 Å². The van der Waals surface area contributed by atoms with Gasteiger partial charge in [0.2, 0.25) is 0 Å². The fourth-order valence-corrected chi connectivity index (χ4v) is 1.07. The predicted octanol–water partition coefficient (Wildman–Crippen LogP) is 0.829. The first-order valence-electron chi connectivity index (χ1n) is 3.53. The van der Waals surface area contributed by atoms with E-state index in [1.54, 1.807) is 0 Å². The highest BCUT2D eigenvalue weighted by molar-refractivity contribution is 5.82. The van der Waals surface area contributed by atoms with Gasteiger partial charge < -0.3 is 5.32 Å². The van der Waals surface area contributed by atoms with Crippen LogP contribution in [0.4, 0.5) is 0 Å². The zero-order valence-electron chi connectivity index (χ0n) is 6.15. The van der Waals surface area contributed by atoms with Crippen molar-refractivity contribution in [3.05, 3.63) is 0 Å². The summed E-state index contributed by atoms with van der Waals surface area (Å²) in [4.78, 5) is 4.43. The summed E-state index contributed by atoms with van der Waals surface area (Å²) in [6.07, 6.45) is 1.12. The van der Waals surface area contributed by atoms with Crippen molar-refractivity contribution in [2.45, 2.75) is 26.3 Å². The lowest BCUT2D eigenvalue weighted by Crippen LogP contribution is -2.21. The number of nitrogens with one attached hydrogen (secondary N) is 1. The molecule has 1 rings (SSSR count). The van der Waals surface area contributed by atoms with Crippen molar-refractivity contribution in [2.24, 2.45) is 4.99 Å². The first-order chi connectivity index (χ1) is 4.29. The predicted molar refractivity (Wildman–Crippen MR) is 40.1 cm³/mol. The van der Waals surface area contributed by atoms with Crippen LogP contribution in [0.3, 0.4) is 0 Å². The van der Waals surface area contributed by atoms with Crippen LogP contribution in [0.5, 0.6) is 0 Å². The highest BCUT2D eigenvalue weighted by Gasteiger charge is 2.03. The maximum atomic E-state index is 4.43. The van der Waals surface area contributed by atoms with Crippen LogP contribution in [0.15, 0.2) is 4.99 Å². The van der Waals surface area contributed by atoms with Gasteiger partial charge in [-0.3, -0.25) is 4.99 Å². The molecule has 0 aliphatic carbocycles. The van der Waals surface area contributed by atoms with Crippen LogP contribution in [-0.4, -0.2) is 24.8 Å². The average molecular weight is 126 g/mol. The second-order valence-corrected chi connectivity index (χ2v) is 2.67. The van der Waals surface area contributed by atoms with Crippen LogP contribution in [0.2, 0.25) is 0 Å². The number of hydrogen-bond acceptors (Lipinski definition) is 2. The van der Waals surface area contributed by atoms with Crippen LogP contribution >= 0.6 is 0 Å². The molecular weight excluding hydrogens is 112 g/mol. The average Bonchev–Trinajstić information content (AvgIpc) is 1.93. The third-order valence-electron chi connectivity index (χ3n) is 1.54. The fourth-order valence-electron chi connectivity index (χ4n) is 1.07. The fraction of sp³-hybridized carbons (Fsp3) is 0.857. The molecule has 0 spiro atoms. The van der Waals surface area contributed by atoms with E-state index >= 15 is 0 Å². The Labute approximate surface area is 56.4 Å². The Bertz CT molecular complexity index is 118. The van der Waals surface area contributed by atoms with Gasteiger partial charge >= 0.3 is 0 Å². The van der Waals surface area contributed by atoms with Gasteiger partial charge in [0.1, 0.15) is 0 Å². The van der Waals surface area contributed by atoms with Crippen molar-refractivity contribution in [3.8, 4) is 0 Å². The molecule has 0 amide bonds. The molecular formula is C7H14N2. The summed E-state index contributed by atoms with van der Waals surface area (Å²) in [5.41, 5.74) is 1.28. The normalized spacial score (nSPS) is 29.1. The van der Waals surface area contributed by atoms with E-state index in [0.717, 1.165) is 19.5 Å². The molecule has 0 radical (unpaired) electrons. The van der Waals surface area contributed by atoms with Gasteiger partial charge in [-0.15, -0.1) is 0 Å². The van der Waals surface area contributed by atoms with E-state index in [0.29, 0.717) is 6.04 Å². The summed E-state index contributed by atoms with van der Waals surface area (Å²) in [6, 6.07) is 0.479. The summed E-state index contributed by atoms with van der Waals surface area (Å²) in [5, 5.41) is 3.31. The van der Waals surface area contributed by atoms with Gasteiger partial charge in [-0.2, -0.15) is 0 Å². The highest BCUT2D eigenvalue weighted by Crippen LogP contribution is 1.96. The molecule has 2 nitrogen and oxygen atoms in total. The molecule has 9 heavy (non-hydrogen) atoms. The monoisotopic (exact) mass is 126 g/mol. The molecule has 0 aromatic rings. The first-order valence-corrected chi connectivity index (χ1v) is 3.53. The van der Waals surface area contributed by atoms with Crippen molar-refractivity contribution in [2.75, 3.05) is 13.1 Å². The van der Waals surface area contributed by atoms with Gasteiger partial charge in [0.15, 0.2) is 0 Å². The molecule has 0 saturated carbocycles. The maximum absolute atomic E-state index is 4.43. The molecule has 1 N–H and O–H groups in total. The summed E-state index contributed by atoms with van der Waals surface area (Å²) >= 11 is 0. The Hall–Kier alpha value is -0.370. The van der Waals surface area contributed by atoms with E-state index in [-0.39, 0.29) is 0 Å². The van der Waals surface area contributed by atoms with E-state index in [9.17, 15) is 0 Å². The molecule has 52 valence electrons. The summed E-state index contributed by atoms with van der Waals surface area (Å²) in [5.74, 6) is 0. The van der Waals surface area contributed by atoms with Gasteiger partial charge in [-0.25, -0.2) is 0 Å². The maximum Gasteiger partial charge on any atom is 0.0595 e. The Kier molecular flexibility index (Phi) is 2.22. The van der Waals surface area contributed by atoms with Gasteiger partial charge in [0.05, 0.1) is 6.04 Å². The Morgan fingerprint density at radius 3 is 3.22 bits per heavy atom. The number of nitrogens with zero attached hydrogens (tertiary/aromatic N) is 1. The quantitative estimate of drug-likeness (QED) is 0.511. The lowest BCUT2D eigenvalue weighted by molar-refractivity contribution is 0.640. The minimum atomic E-state index is 0.479. The van der Waals surface area contributed by atoms with Crippen LogP contribution in [0.25, 0.3) is 0 Å². The second kappa shape index (κ2) is 2.97. The van der Waals surface area contributed by atoms with E-state index in [1.165, 1.54) is 5.71 Å². The van der Waals surface area contributed by atoms with Gasteiger partial charge in [0, 0.05) is 18.8 Å². The topological polar surface area (TPSA) is 24.4 Å². The standard InChI is InChI=1S/C7H14N2/c1-6-3-4-8-5-7(2)9-6/h7-8H,3-5H2,1-2H3. The largest absolute Gasteiger partial charge is 0.314 e. The number of hydrogen-bond donors (Lipinski definition) is 1. The van der Waals surface area contributed by atoms with Crippen molar-refractivity contribution in [1.82, 2.24) is 5.32 Å². The molecule has 1 heterocycles. The Morgan fingerprint density at radius 1 is 1.67 bits per heavy atom. The molecule has 1 aliphatic rings. The Morgan fingerprint density at radius 2 is 2.44 bits per heavy atom. The van der Waals surface area contributed by atoms with Crippen molar-refractivity contribution in [1.29, 1.82) is 0 Å². The van der Waals surface area contributed by atoms with Gasteiger partial charge in [-0.1, -0.05) is 0 Å². The van der Waals surface area contributed by atoms with Crippen LogP contribution in [-0.2, 0) is 0 Å². The third-order valence-corrected chi connectivity index (χ3v) is 1.54. The van der Waals surface area contributed by atoms with Gasteiger partial charge in [0.25, 0.3) is 0 Å². The summed E-state index contributed by atoms with van der Waals surface area (Å²) < 4.78 is 0. The van der Waals surface area contributed by atoms with E-state index in [1.807, 2.05) is 0 Å². The zero-order valence-corrected chi connectivity index (χ0v) is 6.15. The first kappa shape index (κ1) is 6.75. The lowest BCUT2D eigenvalue weighted by atomic mass is 10.3. The molecule has 0 fully saturated rings. The second-order valence-electron chi connectivity index (χ2n) is 2.67. The molecule has 0 aromatic carbocycles. The smallest absolute Gasteiger partial charge is 0.0595 e. The molecule has 1 aliphatic heterocycles. The van der Waals surface area contributed by atoms with Crippen LogP contribution in [0.1, 0.15) is 20.3 Å². The van der Waals surface area contributed by atoms with Crippen molar-refractivity contribution in [3.63, 3.8) is 0 Å². The molecule has 2 heteroatoms. The zero-order chi connectivity index (χ0) is 6.69. The third kappa shape index (κ3) is 2.14. The van der Waals surface area contributed by atoms with Crippen LogP contribution in [0, 0.1) is 0 Å². The summed E-state index contributed by atoms with van der Waals surface area (Å²) in [6.45, 7) is 6.38. The minimum Gasteiger partial charge on any atom is -0.314 e.